The molecule has 0 aliphatic heterocycles. The standard InChI is InChI=1S/C16H20N2O7/c1-4-12(5-2)17-14(19)9-25-16(21)11-6-10(15(20)24-3)7-13(8-11)18(22)23/h6-8,12H,4-5,9H2,1-3H3,(H,17,19). The summed E-state index contributed by atoms with van der Waals surface area (Å²) in [5, 5.41) is 13.6. The summed E-state index contributed by atoms with van der Waals surface area (Å²) in [5.41, 5.74) is -0.841. The van der Waals surface area contributed by atoms with E-state index in [4.69, 9.17) is 4.74 Å². The Bertz CT molecular complexity index is 668. The van der Waals surface area contributed by atoms with Crippen LogP contribution in [-0.4, -0.2) is 42.5 Å². The summed E-state index contributed by atoms with van der Waals surface area (Å²) in [6, 6.07) is 3.05. The fraction of sp³-hybridized carbons (Fsp3) is 0.438. The molecule has 0 aliphatic carbocycles. The van der Waals surface area contributed by atoms with Gasteiger partial charge in [0, 0.05) is 18.2 Å². The summed E-state index contributed by atoms with van der Waals surface area (Å²) in [4.78, 5) is 45.5. The van der Waals surface area contributed by atoms with Crippen LogP contribution in [-0.2, 0) is 14.3 Å². The second-order valence-corrected chi connectivity index (χ2v) is 5.17. The molecule has 9 nitrogen and oxygen atoms in total. The van der Waals surface area contributed by atoms with Crippen molar-refractivity contribution in [2.45, 2.75) is 32.7 Å². The van der Waals surface area contributed by atoms with Crippen molar-refractivity contribution in [1.29, 1.82) is 0 Å². The Balaban J connectivity index is 2.87. The normalized spacial score (nSPS) is 10.2. The number of rotatable bonds is 8. The predicted octanol–water partition coefficient (Wildman–Crippen LogP) is 1.84. The quantitative estimate of drug-likeness (QED) is 0.430. The van der Waals surface area contributed by atoms with Crippen LogP contribution < -0.4 is 5.32 Å². The van der Waals surface area contributed by atoms with E-state index < -0.39 is 35.1 Å². The zero-order valence-corrected chi connectivity index (χ0v) is 14.2. The molecule has 1 aromatic carbocycles. The number of benzene rings is 1. The molecule has 9 heteroatoms. The van der Waals surface area contributed by atoms with Crippen LogP contribution in [0.2, 0.25) is 0 Å². The van der Waals surface area contributed by atoms with Crippen molar-refractivity contribution in [3.8, 4) is 0 Å². The Kier molecular flexibility index (Phi) is 7.51. The Hall–Kier alpha value is -2.97. The average Bonchev–Trinajstić information content (AvgIpc) is 2.62. The zero-order chi connectivity index (χ0) is 19.0. The molecule has 0 radical (unpaired) electrons. The summed E-state index contributed by atoms with van der Waals surface area (Å²) in [6.45, 7) is 3.31. The van der Waals surface area contributed by atoms with Crippen LogP contribution in [0.3, 0.4) is 0 Å². The summed E-state index contributed by atoms with van der Waals surface area (Å²) in [6.07, 6.45) is 1.48. The van der Waals surface area contributed by atoms with Crippen molar-refractivity contribution in [2.24, 2.45) is 0 Å². The number of carbonyl (C=O) groups excluding carboxylic acids is 3. The second-order valence-electron chi connectivity index (χ2n) is 5.17. The van der Waals surface area contributed by atoms with Crippen LogP contribution in [0, 0.1) is 10.1 Å². The molecule has 25 heavy (non-hydrogen) atoms. The van der Waals surface area contributed by atoms with Gasteiger partial charge in [0.2, 0.25) is 0 Å². The molecule has 0 fully saturated rings. The van der Waals surface area contributed by atoms with E-state index in [1.54, 1.807) is 0 Å². The fourth-order valence-corrected chi connectivity index (χ4v) is 2.05. The van der Waals surface area contributed by atoms with Crippen LogP contribution in [0.4, 0.5) is 5.69 Å². The highest BCUT2D eigenvalue weighted by atomic mass is 16.6. The van der Waals surface area contributed by atoms with Crippen molar-refractivity contribution >= 4 is 23.5 Å². The smallest absolute Gasteiger partial charge is 0.338 e. The first-order valence-electron chi connectivity index (χ1n) is 7.66. The third-order valence-electron chi connectivity index (χ3n) is 3.47. The molecule has 0 aliphatic rings. The van der Waals surface area contributed by atoms with E-state index >= 15 is 0 Å². The third kappa shape index (κ3) is 5.87. The molecular weight excluding hydrogens is 332 g/mol. The number of hydrogen-bond acceptors (Lipinski definition) is 7. The first kappa shape index (κ1) is 20.1. The maximum Gasteiger partial charge on any atom is 0.338 e. The molecule has 0 aromatic heterocycles. The lowest BCUT2D eigenvalue weighted by molar-refractivity contribution is -0.384. The monoisotopic (exact) mass is 352 g/mol. The summed E-state index contributed by atoms with van der Waals surface area (Å²) >= 11 is 0. The Morgan fingerprint density at radius 2 is 1.68 bits per heavy atom. The molecule has 1 aromatic rings. The van der Waals surface area contributed by atoms with Crippen LogP contribution >= 0.6 is 0 Å². The molecule has 0 spiro atoms. The van der Waals surface area contributed by atoms with Gasteiger partial charge in [0.1, 0.15) is 0 Å². The lowest BCUT2D eigenvalue weighted by atomic mass is 10.1. The number of amides is 1. The minimum Gasteiger partial charge on any atom is -0.465 e. The van der Waals surface area contributed by atoms with Gasteiger partial charge >= 0.3 is 11.9 Å². The number of nitrogens with zero attached hydrogens (tertiary/aromatic N) is 1. The highest BCUT2D eigenvalue weighted by molar-refractivity contribution is 5.97. The van der Waals surface area contributed by atoms with E-state index in [1.165, 1.54) is 0 Å². The first-order chi connectivity index (χ1) is 11.8. The van der Waals surface area contributed by atoms with Crippen molar-refractivity contribution in [3.05, 3.63) is 39.4 Å². The molecule has 1 N–H and O–H groups in total. The molecule has 0 unspecified atom stereocenters. The van der Waals surface area contributed by atoms with Gasteiger partial charge in [-0.3, -0.25) is 14.9 Å². The van der Waals surface area contributed by atoms with Gasteiger partial charge in [0.15, 0.2) is 6.61 Å². The van der Waals surface area contributed by atoms with Gasteiger partial charge in [-0.1, -0.05) is 13.8 Å². The maximum absolute atomic E-state index is 12.0. The van der Waals surface area contributed by atoms with Gasteiger partial charge in [0.25, 0.3) is 11.6 Å². The lowest BCUT2D eigenvalue weighted by Gasteiger charge is -2.14. The van der Waals surface area contributed by atoms with Crippen LogP contribution in [0.15, 0.2) is 18.2 Å². The van der Waals surface area contributed by atoms with Crippen molar-refractivity contribution in [2.75, 3.05) is 13.7 Å². The summed E-state index contributed by atoms with van der Waals surface area (Å²) in [7, 11) is 1.11. The fourth-order valence-electron chi connectivity index (χ4n) is 2.05. The number of ether oxygens (including phenoxy) is 2. The average molecular weight is 352 g/mol. The van der Waals surface area contributed by atoms with Gasteiger partial charge in [-0.05, 0) is 18.9 Å². The number of esters is 2. The van der Waals surface area contributed by atoms with E-state index in [-0.39, 0.29) is 17.2 Å². The SMILES string of the molecule is CCC(CC)NC(=O)COC(=O)c1cc(C(=O)OC)cc([N+](=O)[O-])c1. The van der Waals surface area contributed by atoms with Gasteiger partial charge in [-0.25, -0.2) is 9.59 Å². The minimum absolute atomic E-state index is 0.0186. The molecule has 0 atom stereocenters. The van der Waals surface area contributed by atoms with Crippen LogP contribution in [0.25, 0.3) is 0 Å². The summed E-state index contributed by atoms with van der Waals surface area (Å²) < 4.78 is 9.35. The van der Waals surface area contributed by atoms with E-state index in [1.807, 2.05) is 13.8 Å². The molecule has 1 rings (SSSR count). The van der Waals surface area contributed by atoms with E-state index in [9.17, 15) is 24.5 Å². The zero-order valence-electron chi connectivity index (χ0n) is 14.2. The van der Waals surface area contributed by atoms with Gasteiger partial charge < -0.3 is 14.8 Å². The minimum atomic E-state index is -0.950. The lowest BCUT2D eigenvalue weighted by Crippen LogP contribution is -2.36. The van der Waals surface area contributed by atoms with Crippen LogP contribution in [0.5, 0.6) is 0 Å². The van der Waals surface area contributed by atoms with Gasteiger partial charge in [0.05, 0.1) is 23.2 Å². The number of nitro benzene ring substituents is 1. The van der Waals surface area contributed by atoms with Crippen LogP contribution in [0.1, 0.15) is 47.4 Å². The molecule has 0 heterocycles. The molecule has 0 bridgehead atoms. The van der Waals surface area contributed by atoms with Gasteiger partial charge in [-0.15, -0.1) is 0 Å². The molecule has 1 amide bonds. The van der Waals surface area contributed by atoms with E-state index in [0.717, 1.165) is 38.2 Å². The number of nitrogens with one attached hydrogen (secondary N) is 1. The molecule has 0 saturated heterocycles. The second kappa shape index (κ2) is 9.36. The van der Waals surface area contributed by atoms with Crippen molar-refractivity contribution in [1.82, 2.24) is 5.32 Å². The summed E-state index contributed by atoms with van der Waals surface area (Å²) in [5.74, 6) is -2.25. The Morgan fingerprint density at radius 1 is 1.12 bits per heavy atom. The topological polar surface area (TPSA) is 125 Å². The van der Waals surface area contributed by atoms with E-state index in [0.29, 0.717) is 0 Å². The van der Waals surface area contributed by atoms with Crippen molar-refractivity contribution in [3.63, 3.8) is 0 Å². The highest BCUT2D eigenvalue weighted by Crippen LogP contribution is 2.19. The molecule has 136 valence electrons. The number of carbonyl (C=O) groups is 3. The largest absolute Gasteiger partial charge is 0.465 e. The Labute approximate surface area is 144 Å². The number of nitro groups is 1. The van der Waals surface area contributed by atoms with Crippen molar-refractivity contribution < 1.29 is 28.8 Å². The number of hydrogen-bond donors (Lipinski definition) is 1. The third-order valence-corrected chi connectivity index (χ3v) is 3.47. The highest BCUT2D eigenvalue weighted by Gasteiger charge is 2.20. The predicted molar refractivity (Wildman–Crippen MR) is 87.2 cm³/mol. The van der Waals surface area contributed by atoms with Gasteiger partial charge in [-0.2, -0.15) is 0 Å². The Morgan fingerprint density at radius 3 is 2.16 bits per heavy atom. The molecule has 0 saturated carbocycles. The maximum atomic E-state index is 12.0. The van der Waals surface area contributed by atoms with E-state index in [2.05, 4.69) is 10.1 Å². The first-order valence-corrected chi connectivity index (χ1v) is 7.66. The number of methoxy groups -OCH3 is 1. The number of non-ortho nitro benzene ring substituents is 1. The molecular formula is C16H20N2O7.